The maximum atomic E-state index is 14.2. The van der Waals surface area contributed by atoms with Gasteiger partial charge in [-0.3, -0.25) is 14.8 Å². The Kier molecular flexibility index (Phi) is 6.74. The Hall–Kier alpha value is -2.63. The lowest BCUT2D eigenvalue weighted by Crippen LogP contribution is -2.21. The van der Waals surface area contributed by atoms with Gasteiger partial charge in [0, 0.05) is 37.1 Å². The van der Waals surface area contributed by atoms with Crippen LogP contribution in [0.4, 0.5) is 8.78 Å². The van der Waals surface area contributed by atoms with Crippen LogP contribution in [0.1, 0.15) is 35.7 Å². The number of carbonyl (C=O) groups excluding carboxylic acids is 1. The van der Waals surface area contributed by atoms with Crippen LogP contribution in [-0.4, -0.2) is 40.9 Å². The van der Waals surface area contributed by atoms with Gasteiger partial charge in [-0.2, -0.15) is 0 Å². The van der Waals surface area contributed by atoms with E-state index in [1.165, 1.54) is 24.7 Å². The average Bonchev–Trinajstić information content (AvgIpc) is 2.61. The molecule has 0 spiro atoms. The summed E-state index contributed by atoms with van der Waals surface area (Å²) in [6, 6.07) is 2.72. The van der Waals surface area contributed by atoms with Gasteiger partial charge in [-0.25, -0.2) is 8.78 Å². The molecule has 25 heavy (non-hydrogen) atoms. The van der Waals surface area contributed by atoms with Crippen LogP contribution in [0.3, 0.4) is 0 Å². The molecule has 132 valence electrons. The molecule has 1 aromatic carbocycles. The number of hydrogen-bond acceptors (Lipinski definition) is 4. The minimum Gasteiger partial charge on any atom is -0.377 e. The van der Waals surface area contributed by atoms with Crippen LogP contribution >= 0.6 is 0 Å². The van der Waals surface area contributed by atoms with Gasteiger partial charge in [0.05, 0.1) is 11.9 Å². The van der Waals surface area contributed by atoms with Crippen molar-refractivity contribution in [2.45, 2.75) is 25.9 Å². The number of alkyl halides is 1. The van der Waals surface area contributed by atoms with E-state index in [0.29, 0.717) is 24.0 Å². The zero-order valence-electron chi connectivity index (χ0n) is 14.3. The fourth-order valence-corrected chi connectivity index (χ4v) is 2.47. The number of carbonyl (C=O) groups is 1. The zero-order chi connectivity index (χ0) is 18.2. The minimum absolute atomic E-state index is 0.222. The molecule has 0 aliphatic heterocycles. The van der Waals surface area contributed by atoms with Gasteiger partial charge in [-0.1, -0.05) is 13.3 Å². The molecule has 0 radical (unpaired) electrons. The van der Waals surface area contributed by atoms with Crippen molar-refractivity contribution in [1.29, 1.82) is 0 Å². The average molecular weight is 345 g/mol. The summed E-state index contributed by atoms with van der Waals surface area (Å²) in [7, 11) is 1.76. The van der Waals surface area contributed by atoms with Gasteiger partial charge in [0.2, 0.25) is 0 Å². The third kappa shape index (κ3) is 5.17. The Balaban J connectivity index is 2.27. The first kappa shape index (κ1) is 18.7. The summed E-state index contributed by atoms with van der Waals surface area (Å²) < 4.78 is 27.9. The molecule has 0 aliphatic carbocycles. The van der Waals surface area contributed by atoms with Gasteiger partial charge >= 0.3 is 0 Å². The van der Waals surface area contributed by atoms with E-state index in [1.54, 1.807) is 30.3 Å². The highest BCUT2D eigenvalue weighted by Crippen LogP contribution is 2.24. The molecule has 0 saturated carbocycles. The van der Waals surface area contributed by atoms with Crippen molar-refractivity contribution in [3.63, 3.8) is 0 Å². The summed E-state index contributed by atoms with van der Waals surface area (Å²) in [5.41, 5.74) is 1.40. The molecule has 0 fully saturated rings. The predicted molar refractivity (Wildman–Crippen MR) is 94.3 cm³/mol. The highest BCUT2D eigenvalue weighted by atomic mass is 19.1. The maximum absolute atomic E-state index is 14.2. The molecule has 2 aromatic rings. The van der Waals surface area contributed by atoms with Crippen LogP contribution in [0, 0.1) is 5.82 Å². The first-order valence-corrected chi connectivity index (χ1v) is 8.12. The van der Waals surface area contributed by atoms with Gasteiger partial charge < -0.3 is 4.90 Å². The van der Waals surface area contributed by atoms with Crippen LogP contribution in [0.5, 0.6) is 0 Å². The lowest BCUT2D eigenvalue weighted by molar-refractivity contribution is 0.112. The van der Waals surface area contributed by atoms with E-state index in [2.05, 4.69) is 9.97 Å². The molecule has 6 heteroatoms. The number of hydrogen-bond donors (Lipinski definition) is 0. The highest BCUT2D eigenvalue weighted by Gasteiger charge is 2.12. The first-order valence-electron chi connectivity index (χ1n) is 8.12. The van der Waals surface area contributed by atoms with Crippen LogP contribution < -0.4 is 0 Å². The van der Waals surface area contributed by atoms with Crippen molar-refractivity contribution in [3.05, 3.63) is 53.9 Å². The molecule has 0 saturated heterocycles. The minimum atomic E-state index is -0.909. The van der Waals surface area contributed by atoms with Gasteiger partial charge in [0.15, 0.2) is 6.29 Å². The Morgan fingerprint density at radius 3 is 2.72 bits per heavy atom. The molecule has 0 bridgehead atoms. The number of halogens is 2. The molecule has 1 unspecified atom stereocenters. The van der Waals surface area contributed by atoms with Gasteiger partial charge in [-0.15, -0.1) is 0 Å². The summed E-state index contributed by atoms with van der Waals surface area (Å²) in [4.78, 5) is 21.0. The molecule has 0 amide bonds. The van der Waals surface area contributed by atoms with E-state index < -0.39 is 12.0 Å². The van der Waals surface area contributed by atoms with E-state index in [1.807, 2.05) is 6.92 Å². The second-order valence-electron chi connectivity index (χ2n) is 5.81. The molecule has 0 N–H and O–H groups in total. The van der Waals surface area contributed by atoms with Crippen molar-refractivity contribution < 1.29 is 13.6 Å². The quantitative estimate of drug-likeness (QED) is 0.675. The van der Waals surface area contributed by atoms with Crippen molar-refractivity contribution in [3.8, 4) is 11.3 Å². The number of aldehydes is 1. The first-order chi connectivity index (χ1) is 12.0. The third-order valence-electron chi connectivity index (χ3n) is 3.74. The Morgan fingerprint density at radius 2 is 2.08 bits per heavy atom. The lowest BCUT2D eigenvalue weighted by atomic mass is 10.0. The molecule has 1 heterocycles. The maximum Gasteiger partial charge on any atom is 0.150 e. The van der Waals surface area contributed by atoms with E-state index in [9.17, 15) is 13.6 Å². The number of rotatable bonds is 8. The van der Waals surface area contributed by atoms with Crippen molar-refractivity contribution in [1.82, 2.24) is 14.9 Å². The molecule has 1 atom stereocenters. The fourth-order valence-electron chi connectivity index (χ4n) is 2.47. The summed E-state index contributed by atoms with van der Waals surface area (Å²) in [6.07, 6.45) is 8.76. The SMILES string of the molecule is CCCC(F)CN(C)/C=C\c1cc(-c2cnccn2)c(F)cc1C=O. The zero-order valence-corrected chi connectivity index (χ0v) is 14.3. The Bertz CT molecular complexity index is 735. The van der Waals surface area contributed by atoms with Crippen molar-refractivity contribution >= 4 is 12.4 Å². The molecule has 1 aromatic heterocycles. The summed E-state index contributed by atoms with van der Waals surface area (Å²) in [5, 5.41) is 0. The van der Waals surface area contributed by atoms with Crippen molar-refractivity contribution in [2.24, 2.45) is 0 Å². The van der Waals surface area contributed by atoms with Crippen molar-refractivity contribution in [2.75, 3.05) is 13.6 Å². The van der Waals surface area contributed by atoms with Crippen LogP contribution in [0.2, 0.25) is 0 Å². The summed E-state index contributed by atoms with van der Waals surface area (Å²) in [5.74, 6) is -0.542. The topological polar surface area (TPSA) is 46.1 Å². The molecule has 0 aliphatic rings. The van der Waals surface area contributed by atoms with Crippen LogP contribution in [-0.2, 0) is 0 Å². The Labute approximate surface area is 146 Å². The van der Waals surface area contributed by atoms with E-state index in [0.717, 1.165) is 6.42 Å². The molecular formula is C19H21F2N3O. The predicted octanol–water partition coefficient (Wildman–Crippen LogP) is 4.14. The van der Waals surface area contributed by atoms with E-state index >= 15 is 0 Å². The van der Waals surface area contributed by atoms with Gasteiger partial charge in [0.25, 0.3) is 0 Å². The van der Waals surface area contributed by atoms with E-state index in [4.69, 9.17) is 0 Å². The van der Waals surface area contributed by atoms with Crippen LogP contribution in [0.15, 0.2) is 36.9 Å². The monoisotopic (exact) mass is 345 g/mol. The second kappa shape index (κ2) is 9.01. The number of benzene rings is 1. The smallest absolute Gasteiger partial charge is 0.150 e. The molecule has 2 rings (SSSR count). The Morgan fingerprint density at radius 1 is 1.28 bits per heavy atom. The highest BCUT2D eigenvalue weighted by molar-refractivity contribution is 5.84. The summed E-state index contributed by atoms with van der Waals surface area (Å²) in [6.45, 7) is 2.20. The summed E-state index contributed by atoms with van der Waals surface area (Å²) >= 11 is 0. The normalized spacial score (nSPS) is 12.3. The van der Waals surface area contributed by atoms with Gasteiger partial charge in [-0.05, 0) is 36.4 Å². The largest absolute Gasteiger partial charge is 0.377 e. The molecular weight excluding hydrogens is 324 g/mol. The lowest BCUT2D eigenvalue weighted by Gasteiger charge is -2.17. The van der Waals surface area contributed by atoms with Gasteiger partial charge in [0.1, 0.15) is 12.0 Å². The van der Waals surface area contributed by atoms with Crippen LogP contribution in [0.25, 0.3) is 17.3 Å². The van der Waals surface area contributed by atoms with E-state index in [-0.39, 0.29) is 17.7 Å². The number of aromatic nitrogens is 2. The number of nitrogens with zero attached hydrogens (tertiary/aromatic N) is 3. The standard InChI is InChI=1S/C19H21F2N3O/c1-3-4-16(20)12-24(2)8-5-14-9-17(18(21)10-15(14)13-25)19-11-22-6-7-23-19/h5-11,13,16H,3-4,12H2,1-2H3/b8-5-. The molecule has 4 nitrogen and oxygen atoms in total. The third-order valence-corrected chi connectivity index (χ3v) is 3.74. The fraction of sp³-hybridized carbons (Fsp3) is 0.316. The second-order valence-corrected chi connectivity index (χ2v) is 5.81.